The zero-order valence-corrected chi connectivity index (χ0v) is 16.1. The van der Waals surface area contributed by atoms with Crippen molar-refractivity contribution in [2.45, 2.75) is 76.7 Å². The fraction of sp³-hybridized carbons (Fsp3) is 0.591. The van der Waals surface area contributed by atoms with Gasteiger partial charge in [-0.2, -0.15) is 0 Å². The molecule has 144 valence electrons. The van der Waals surface area contributed by atoms with Crippen LogP contribution in [0.4, 0.5) is 4.79 Å². The second-order valence-electron chi connectivity index (χ2n) is 7.18. The molecule has 0 aromatic heterocycles. The highest BCUT2D eigenvalue weighted by Gasteiger charge is 2.11. The number of hydrogen-bond acceptors (Lipinski definition) is 2. The number of hydrogen-bond donors (Lipinski definition) is 2. The quantitative estimate of drug-likeness (QED) is 0.732. The Hall–Kier alpha value is -1.97. The van der Waals surface area contributed by atoms with Gasteiger partial charge in [0.1, 0.15) is 5.75 Å². The van der Waals surface area contributed by atoms with Gasteiger partial charge in [-0.1, -0.05) is 69.9 Å². The Kier molecular flexibility index (Phi) is 9.70. The van der Waals surface area contributed by atoms with Gasteiger partial charge in [0.2, 0.25) is 0 Å². The topological polar surface area (TPSA) is 50.4 Å². The van der Waals surface area contributed by atoms with Crippen LogP contribution >= 0.6 is 0 Å². The molecule has 1 saturated carbocycles. The van der Waals surface area contributed by atoms with Crippen molar-refractivity contribution in [2.75, 3.05) is 7.11 Å². The molecular formula is C22H34N2O2. The number of urea groups is 1. The molecular weight excluding hydrogens is 324 g/mol. The van der Waals surface area contributed by atoms with E-state index >= 15 is 0 Å². The van der Waals surface area contributed by atoms with Gasteiger partial charge in [-0.25, -0.2) is 4.79 Å². The van der Waals surface area contributed by atoms with Crippen LogP contribution in [0.1, 0.15) is 76.2 Å². The summed E-state index contributed by atoms with van der Waals surface area (Å²) in [7, 11) is 1.65. The van der Waals surface area contributed by atoms with Gasteiger partial charge in [-0.05, 0) is 36.6 Å². The number of rotatable bonds is 4. The predicted octanol–water partition coefficient (Wildman–Crippen LogP) is 5.64. The molecule has 2 amide bonds. The first kappa shape index (κ1) is 20.3. The maximum atomic E-state index is 12.2. The summed E-state index contributed by atoms with van der Waals surface area (Å²) in [5.74, 6) is 0.829. The number of carbonyl (C=O) groups is 1. The Bertz CT molecular complexity index is 528. The Labute approximate surface area is 158 Å². The highest BCUT2D eigenvalue weighted by molar-refractivity contribution is 5.76. The fourth-order valence-electron chi connectivity index (χ4n) is 3.46. The molecule has 0 aliphatic heterocycles. The van der Waals surface area contributed by atoms with E-state index in [0.717, 1.165) is 24.2 Å². The number of benzene rings is 1. The van der Waals surface area contributed by atoms with E-state index in [0.29, 0.717) is 6.04 Å². The summed E-state index contributed by atoms with van der Waals surface area (Å²) < 4.78 is 5.14. The molecule has 0 bridgehead atoms. The van der Waals surface area contributed by atoms with Crippen LogP contribution in [-0.2, 0) is 0 Å². The van der Waals surface area contributed by atoms with Crippen LogP contribution in [0.2, 0.25) is 0 Å². The third-order valence-electron chi connectivity index (χ3n) is 5.05. The minimum absolute atomic E-state index is 0.105. The molecule has 1 aromatic rings. The lowest BCUT2D eigenvalue weighted by molar-refractivity contribution is 0.238. The summed E-state index contributed by atoms with van der Waals surface area (Å²) in [6.07, 6.45) is 17.6. The monoisotopic (exact) mass is 358 g/mol. The summed E-state index contributed by atoms with van der Waals surface area (Å²) >= 11 is 0. The minimum Gasteiger partial charge on any atom is -0.497 e. The van der Waals surface area contributed by atoms with Crippen LogP contribution in [0.25, 0.3) is 6.08 Å². The van der Waals surface area contributed by atoms with Gasteiger partial charge in [0, 0.05) is 12.2 Å². The third-order valence-corrected chi connectivity index (χ3v) is 5.05. The molecule has 1 fully saturated rings. The molecule has 0 unspecified atom stereocenters. The summed E-state index contributed by atoms with van der Waals surface area (Å²) in [6.45, 7) is 0. The average Bonchev–Trinajstić information content (AvgIpc) is 2.64. The molecule has 0 saturated heterocycles. The molecule has 2 rings (SSSR count). The maximum Gasteiger partial charge on any atom is 0.318 e. The smallest absolute Gasteiger partial charge is 0.318 e. The number of carbonyl (C=O) groups excluding carboxylic acids is 1. The summed E-state index contributed by atoms with van der Waals surface area (Å²) in [6, 6.07) is 7.93. The van der Waals surface area contributed by atoms with Gasteiger partial charge >= 0.3 is 6.03 Å². The molecule has 2 N–H and O–H groups in total. The SMILES string of the molecule is COc1ccc(/C=C/NC(=O)NC2CCCCCCCCCCC2)cc1. The first-order valence-corrected chi connectivity index (χ1v) is 10.2. The average molecular weight is 359 g/mol. The van der Waals surface area contributed by atoms with Crippen LogP contribution in [0.15, 0.2) is 30.5 Å². The molecule has 0 spiro atoms. The van der Waals surface area contributed by atoms with Crippen molar-refractivity contribution >= 4 is 12.1 Å². The van der Waals surface area contributed by atoms with E-state index in [4.69, 9.17) is 4.74 Å². The molecule has 26 heavy (non-hydrogen) atoms. The van der Waals surface area contributed by atoms with Crippen molar-refractivity contribution < 1.29 is 9.53 Å². The number of ether oxygens (including phenoxy) is 1. The standard InChI is InChI=1S/C22H34N2O2/c1-26-21-15-13-19(14-16-21)17-18-23-22(25)24-20-11-9-7-5-3-2-4-6-8-10-12-20/h13-18,20H,2-12H2,1H3,(H2,23,24,25)/b18-17+. The van der Waals surface area contributed by atoms with Crippen LogP contribution < -0.4 is 15.4 Å². The van der Waals surface area contributed by atoms with Crippen LogP contribution in [-0.4, -0.2) is 19.2 Å². The van der Waals surface area contributed by atoms with E-state index in [9.17, 15) is 4.79 Å². The summed E-state index contributed by atoms with van der Waals surface area (Å²) in [5, 5.41) is 5.99. The van der Waals surface area contributed by atoms with Crippen molar-refractivity contribution in [1.29, 1.82) is 0 Å². The van der Waals surface area contributed by atoms with Gasteiger partial charge < -0.3 is 15.4 Å². The lowest BCUT2D eigenvalue weighted by Crippen LogP contribution is -2.40. The molecule has 1 aliphatic carbocycles. The minimum atomic E-state index is -0.105. The third kappa shape index (κ3) is 8.41. The van der Waals surface area contributed by atoms with Gasteiger partial charge in [0.15, 0.2) is 0 Å². The first-order valence-electron chi connectivity index (χ1n) is 10.2. The van der Waals surface area contributed by atoms with E-state index in [2.05, 4.69) is 10.6 Å². The van der Waals surface area contributed by atoms with Crippen LogP contribution in [0.3, 0.4) is 0 Å². The number of methoxy groups -OCH3 is 1. The van der Waals surface area contributed by atoms with E-state index in [1.165, 1.54) is 57.8 Å². The van der Waals surface area contributed by atoms with Crippen molar-refractivity contribution in [1.82, 2.24) is 10.6 Å². The van der Waals surface area contributed by atoms with Gasteiger partial charge in [0.05, 0.1) is 7.11 Å². The van der Waals surface area contributed by atoms with E-state index in [1.807, 2.05) is 30.3 Å². The van der Waals surface area contributed by atoms with E-state index < -0.39 is 0 Å². The lowest BCUT2D eigenvalue weighted by Gasteiger charge is -2.19. The van der Waals surface area contributed by atoms with Gasteiger partial charge in [-0.3, -0.25) is 0 Å². The largest absolute Gasteiger partial charge is 0.497 e. The van der Waals surface area contributed by atoms with Gasteiger partial charge in [-0.15, -0.1) is 0 Å². The highest BCUT2D eigenvalue weighted by atomic mass is 16.5. The first-order chi connectivity index (χ1) is 12.8. The van der Waals surface area contributed by atoms with Gasteiger partial charge in [0.25, 0.3) is 0 Å². The predicted molar refractivity (Wildman–Crippen MR) is 108 cm³/mol. The zero-order chi connectivity index (χ0) is 18.5. The Morgan fingerprint density at radius 3 is 2.00 bits per heavy atom. The lowest BCUT2D eigenvalue weighted by atomic mass is 9.98. The number of amides is 2. The molecule has 0 atom stereocenters. The normalized spacial score (nSPS) is 17.9. The second-order valence-corrected chi connectivity index (χ2v) is 7.18. The molecule has 0 radical (unpaired) electrons. The molecule has 4 nitrogen and oxygen atoms in total. The molecule has 4 heteroatoms. The van der Waals surface area contributed by atoms with Crippen molar-refractivity contribution in [3.05, 3.63) is 36.0 Å². The van der Waals surface area contributed by atoms with Crippen LogP contribution in [0, 0.1) is 0 Å². The molecule has 1 aliphatic rings. The maximum absolute atomic E-state index is 12.2. The summed E-state index contributed by atoms with van der Waals surface area (Å²) in [5.41, 5.74) is 1.03. The van der Waals surface area contributed by atoms with Crippen molar-refractivity contribution in [2.24, 2.45) is 0 Å². The summed E-state index contributed by atoms with van der Waals surface area (Å²) in [4.78, 5) is 12.2. The zero-order valence-electron chi connectivity index (χ0n) is 16.1. The Morgan fingerprint density at radius 1 is 0.923 bits per heavy atom. The molecule has 1 aromatic carbocycles. The van der Waals surface area contributed by atoms with Crippen LogP contribution in [0.5, 0.6) is 5.75 Å². The highest BCUT2D eigenvalue weighted by Crippen LogP contribution is 2.17. The second kappa shape index (κ2) is 12.4. The molecule has 0 heterocycles. The number of nitrogens with one attached hydrogen (secondary N) is 2. The fourth-order valence-corrected chi connectivity index (χ4v) is 3.46. The Balaban J connectivity index is 1.74. The van der Waals surface area contributed by atoms with Crippen molar-refractivity contribution in [3.8, 4) is 5.75 Å². The van der Waals surface area contributed by atoms with E-state index in [1.54, 1.807) is 13.3 Å². The Morgan fingerprint density at radius 2 is 1.46 bits per heavy atom. The van der Waals surface area contributed by atoms with E-state index in [-0.39, 0.29) is 6.03 Å². The van der Waals surface area contributed by atoms with Crippen molar-refractivity contribution in [3.63, 3.8) is 0 Å².